The van der Waals surface area contributed by atoms with Gasteiger partial charge in [-0.1, -0.05) is 18.2 Å². The highest BCUT2D eigenvalue weighted by Crippen LogP contribution is 2.24. The number of rotatable bonds is 4. The molecule has 2 aromatic heterocycles. The van der Waals surface area contributed by atoms with Crippen molar-refractivity contribution >= 4 is 28.4 Å². The lowest BCUT2D eigenvalue weighted by Gasteiger charge is -2.36. The van der Waals surface area contributed by atoms with Gasteiger partial charge in [0.2, 0.25) is 5.91 Å². The second-order valence-electron chi connectivity index (χ2n) is 8.66. The fraction of sp³-hybridized carbons (Fsp3) is 0.458. The topological polar surface area (TPSA) is 57.5 Å². The number of nitrogens with zero attached hydrogens (tertiary/aromatic N) is 6. The molecule has 4 heterocycles. The van der Waals surface area contributed by atoms with Gasteiger partial charge < -0.3 is 19.3 Å². The number of hydrogen-bond donors (Lipinski definition) is 0. The Kier molecular flexibility index (Phi) is 5.49. The van der Waals surface area contributed by atoms with Crippen LogP contribution in [0.1, 0.15) is 26.2 Å². The molecule has 0 saturated carbocycles. The van der Waals surface area contributed by atoms with E-state index in [2.05, 4.69) is 57.3 Å². The summed E-state index contributed by atoms with van der Waals surface area (Å²) in [6.07, 6.45) is 5.74. The van der Waals surface area contributed by atoms with E-state index >= 15 is 0 Å². The minimum atomic E-state index is 0.168. The lowest BCUT2D eigenvalue weighted by atomic mass is 10.0. The highest BCUT2D eigenvalue weighted by atomic mass is 16.2. The molecule has 1 atom stereocenters. The zero-order valence-corrected chi connectivity index (χ0v) is 18.2. The molecule has 0 radical (unpaired) electrons. The van der Waals surface area contributed by atoms with Crippen LogP contribution >= 0.6 is 0 Å². The van der Waals surface area contributed by atoms with Crippen molar-refractivity contribution in [3.63, 3.8) is 0 Å². The van der Waals surface area contributed by atoms with E-state index in [0.717, 1.165) is 36.8 Å². The van der Waals surface area contributed by atoms with Crippen LogP contribution in [0.15, 0.2) is 48.7 Å². The zero-order chi connectivity index (χ0) is 21.2. The minimum absolute atomic E-state index is 0.168. The number of anilines is 2. The molecule has 0 aliphatic carbocycles. The smallest absolute Gasteiger partial charge is 0.242 e. The van der Waals surface area contributed by atoms with Gasteiger partial charge in [-0.3, -0.25) is 4.79 Å². The van der Waals surface area contributed by atoms with Crippen LogP contribution in [0.4, 0.5) is 11.6 Å². The van der Waals surface area contributed by atoms with Gasteiger partial charge in [0.15, 0.2) is 11.6 Å². The van der Waals surface area contributed by atoms with Crippen LogP contribution in [-0.4, -0.2) is 64.3 Å². The molecule has 31 heavy (non-hydrogen) atoms. The van der Waals surface area contributed by atoms with Crippen molar-refractivity contribution in [2.75, 3.05) is 42.5 Å². The second kappa shape index (κ2) is 8.57. The number of benzene rings is 1. The molecule has 3 aromatic rings. The molecule has 7 heteroatoms. The van der Waals surface area contributed by atoms with Crippen molar-refractivity contribution in [3.8, 4) is 0 Å². The second-order valence-corrected chi connectivity index (χ2v) is 8.66. The summed E-state index contributed by atoms with van der Waals surface area (Å²) in [6, 6.07) is 14.9. The number of amides is 1. The van der Waals surface area contributed by atoms with Crippen molar-refractivity contribution in [1.29, 1.82) is 0 Å². The quantitative estimate of drug-likeness (QED) is 0.651. The first kappa shape index (κ1) is 19.8. The van der Waals surface area contributed by atoms with Gasteiger partial charge in [0.1, 0.15) is 6.54 Å². The summed E-state index contributed by atoms with van der Waals surface area (Å²) in [5.74, 6) is 2.04. The average molecular weight is 419 g/mol. The number of hydrogen-bond acceptors (Lipinski definition) is 5. The SMILES string of the molecule is CC1CCCCN1c1ccc(N2CCN(C(=O)Cn3ccc4ccccc43)CC2)nn1. The van der Waals surface area contributed by atoms with Crippen LogP contribution < -0.4 is 9.80 Å². The monoisotopic (exact) mass is 418 g/mol. The molecule has 1 aromatic carbocycles. The maximum atomic E-state index is 12.9. The zero-order valence-electron chi connectivity index (χ0n) is 18.2. The average Bonchev–Trinajstić information content (AvgIpc) is 3.22. The Morgan fingerprint density at radius 2 is 1.71 bits per heavy atom. The lowest BCUT2D eigenvalue weighted by Crippen LogP contribution is -2.49. The summed E-state index contributed by atoms with van der Waals surface area (Å²) in [4.78, 5) is 19.4. The molecule has 2 saturated heterocycles. The molecule has 5 rings (SSSR count). The predicted octanol–water partition coefficient (Wildman–Crippen LogP) is 3.16. The molecule has 2 aliphatic rings. The highest BCUT2D eigenvalue weighted by molar-refractivity contribution is 5.83. The Bertz CT molecular complexity index is 1040. The van der Waals surface area contributed by atoms with Crippen LogP contribution in [0.5, 0.6) is 0 Å². The Hall–Kier alpha value is -3.09. The molecule has 7 nitrogen and oxygen atoms in total. The molecular weight excluding hydrogens is 388 g/mol. The van der Waals surface area contributed by atoms with Crippen LogP contribution in [-0.2, 0) is 11.3 Å². The molecule has 0 bridgehead atoms. The summed E-state index contributed by atoms with van der Waals surface area (Å²) >= 11 is 0. The number of para-hydroxylation sites is 1. The third-order valence-electron chi connectivity index (χ3n) is 6.68. The summed E-state index contributed by atoms with van der Waals surface area (Å²) in [7, 11) is 0. The van der Waals surface area contributed by atoms with E-state index in [1.807, 2.05) is 27.8 Å². The predicted molar refractivity (Wildman–Crippen MR) is 123 cm³/mol. The van der Waals surface area contributed by atoms with Crippen LogP contribution in [0, 0.1) is 0 Å². The summed E-state index contributed by atoms with van der Waals surface area (Å²) < 4.78 is 2.04. The molecule has 0 N–H and O–H groups in total. The molecule has 0 spiro atoms. The van der Waals surface area contributed by atoms with Crippen molar-refractivity contribution in [1.82, 2.24) is 19.7 Å². The van der Waals surface area contributed by atoms with Gasteiger partial charge >= 0.3 is 0 Å². The van der Waals surface area contributed by atoms with Gasteiger partial charge in [-0.25, -0.2) is 0 Å². The van der Waals surface area contributed by atoms with E-state index in [9.17, 15) is 4.79 Å². The van der Waals surface area contributed by atoms with Crippen molar-refractivity contribution in [2.24, 2.45) is 0 Å². The Balaban J connectivity index is 1.18. The van der Waals surface area contributed by atoms with E-state index in [4.69, 9.17) is 0 Å². The van der Waals surface area contributed by atoms with Gasteiger partial charge in [-0.15, -0.1) is 10.2 Å². The maximum Gasteiger partial charge on any atom is 0.242 e. The third kappa shape index (κ3) is 4.09. The van der Waals surface area contributed by atoms with Gasteiger partial charge in [0.05, 0.1) is 0 Å². The lowest BCUT2D eigenvalue weighted by molar-refractivity contribution is -0.132. The van der Waals surface area contributed by atoms with Gasteiger partial charge in [0, 0.05) is 50.5 Å². The highest BCUT2D eigenvalue weighted by Gasteiger charge is 2.24. The number of carbonyl (C=O) groups excluding carboxylic acids is 1. The standard InChI is InChI=1S/C24H30N6O/c1-19-6-4-5-12-30(19)23-10-9-22(25-26-23)27-14-16-28(17-15-27)24(31)18-29-13-11-20-7-2-3-8-21(20)29/h2-3,7-11,13,19H,4-6,12,14-18H2,1H3. The molecule has 1 unspecified atom stereocenters. The van der Waals surface area contributed by atoms with E-state index in [1.165, 1.54) is 24.6 Å². The summed E-state index contributed by atoms with van der Waals surface area (Å²) in [5.41, 5.74) is 1.10. The Morgan fingerprint density at radius 3 is 2.48 bits per heavy atom. The molecule has 2 aliphatic heterocycles. The van der Waals surface area contributed by atoms with Crippen LogP contribution in [0.2, 0.25) is 0 Å². The largest absolute Gasteiger partial charge is 0.352 e. The van der Waals surface area contributed by atoms with Crippen molar-refractivity contribution in [2.45, 2.75) is 38.8 Å². The summed E-state index contributed by atoms with van der Waals surface area (Å²) in [6.45, 7) is 6.71. The van der Waals surface area contributed by atoms with E-state index < -0.39 is 0 Å². The van der Waals surface area contributed by atoms with E-state index in [-0.39, 0.29) is 5.91 Å². The molecule has 2 fully saturated rings. The third-order valence-corrected chi connectivity index (χ3v) is 6.68. The molecule has 162 valence electrons. The fourth-order valence-corrected chi connectivity index (χ4v) is 4.79. The number of piperidine rings is 1. The fourth-order valence-electron chi connectivity index (χ4n) is 4.79. The normalized spacial score (nSPS) is 19.8. The number of aromatic nitrogens is 3. The maximum absolute atomic E-state index is 12.9. The van der Waals surface area contributed by atoms with Crippen molar-refractivity contribution < 1.29 is 4.79 Å². The summed E-state index contributed by atoms with van der Waals surface area (Å²) in [5, 5.41) is 10.2. The number of fused-ring (bicyclic) bond motifs is 1. The minimum Gasteiger partial charge on any atom is -0.352 e. The van der Waals surface area contributed by atoms with Crippen LogP contribution in [0.25, 0.3) is 10.9 Å². The number of piperazine rings is 1. The van der Waals surface area contributed by atoms with Crippen molar-refractivity contribution in [3.05, 3.63) is 48.7 Å². The van der Waals surface area contributed by atoms with Gasteiger partial charge in [0.25, 0.3) is 0 Å². The number of carbonyl (C=O) groups is 1. The van der Waals surface area contributed by atoms with E-state index in [0.29, 0.717) is 25.7 Å². The first-order chi connectivity index (χ1) is 15.2. The first-order valence-corrected chi connectivity index (χ1v) is 11.4. The molecular formula is C24H30N6O. The van der Waals surface area contributed by atoms with E-state index in [1.54, 1.807) is 0 Å². The first-order valence-electron chi connectivity index (χ1n) is 11.4. The van der Waals surface area contributed by atoms with Gasteiger partial charge in [-0.05, 0) is 55.8 Å². The Morgan fingerprint density at radius 1 is 0.935 bits per heavy atom. The Labute approximate surface area is 183 Å². The van der Waals surface area contributed by atoms with Gasteiger partial charge in [-0.2, -0.15) is 0 Å². The van der Waals surface area contributed by atoms with Crippen LogP contribution in [0.3, 0.4) is 0 Å². The molecule has 1 amide bonds.